The first-order valence-electron chi connectivity index (χ1n) is 11.5. The molecule has 0 aliphatic carbocycles. The number of amides is 2. The molecule has 0 saturated carbocycles. The third kappa shape index (κ3) is 5.87. The summed E-state index contributed by atoms with van der Waals surface area (Å²) in [6, 6.07) is 17.7. The summed E-state index contributed by atoms with van der Waals surface area (Å²) in [6.45, 7) is 3.93. The van der Waals surface area contributed by atoms with Crippen molar-refractivity contribution in [2.45, 2.75) is 38.5 Å². The Morgan fingerprint density at radius 1 is 0.871 bits per heavy atom. The van der Waals surface area contributed by atoms with Crippen LogP contribution in [0.4, 0.5) is 0 Å². The molecular formula is C26H32N2O3. The monoisotopic (exact) mass is 420 g/mol. The number of ether oxygens (including phenoxy) is 1. The van der Waals surface area contributed by atoms with Gasteiger partial charge in [0.25, 0.3) is 5.91 Å². The number of rotatable bonds is 7. The fraction of sp³-hybridized carbons (Fsp3) is 0.462. The van der Waals surface area contributed by atoms with E-state index >= 15 is 0 Å². The Balaban J connectivity index is 1.23. The molecule has 0 spiro atoms. The van der Waals surface area contributed by atoms with E-state index in [1.807, 2.05) is 52.3 Å². The molecule has 0 aromatic heterocycles. The lowest BCUT2D eigenvalue weighted by molar-refractivity contribution is -0.133. The van der Waals surface area contributed by atoms with Gasteiger partial charge in [-0.15, -0.1) is 0 Å². The number of piperidine rings is 1. The zero-order valence-corrected chi connectivity index (χ0v) is 18.2. The van der Waals surface area contributed by atoms with Crippen molar-refractivity contribution in [1.29, 1.82) is 0 Å². The molecule has 0 bridgehead atoms. The molecule has 2 heterocycles. The van der Waals surface area contributed by atoms with E-state index in [4.69, 9.17) is 4.74 Å². The highest BCUT2D eigenvalue weighted by molar-refractivity contribution is 5.94. The molecule has 5 heteroatoms. The van der Waals surface area contributed by atoms with Crippen LogP contribution >= 0.6 is 0 Å². The fourth-order valence-corrected chi connectivity index (χ4v) is 4.49. The van der Waals surface area contributed by atoms with Gasteiger partial charge in [0.05, 0.1) is 6.61 Å². The number of carbonyl (C=O) groups is 2. The number of carbonyl (C=O) groups excluding carboxylic acids is 2. The topological polar surface area (TPSA) is 49.9 Å². The predicted molar refractivity (Wildman–Crippen MR) is 121 cm³/mol. The van der Waals surface area contributed by atoms with E-state index in [1.54, 1.807) is 0 Å². The van der Waals surface area contributed by atoms with Crippen molar-refractivity contribution in [2.24, 2.45) is 5.92 Å². The Labute approximate surface area is 185 Å². The normalized spacial score (nSPS) is 18.8. The van der Waals surface area contributed by atoms with Crippen molar-refractivity contribution in [3.05, 3.63) is 65.7 Å². The second-order valence-electron chi connectivity index (χ2n) is 8.67. The molecule has 31 heavy (non-hydrogen) atoms. The van der Waals surface area contributed by atoms with Crippen LogP contribution in [0.1, 0.15) is 48.0 Å². The summed E-state index contributed by atoms with van der Waals surface area (Å²) < 4.78 is 6.00. The van der Waals surface area contributed by atoms with Gasteiger partial charge in [-0.25, -0.2) is 0 Å². The van der Waals surface area contributed by atoms with E-state index in [0.717, 1.165) is 69.6 Å². The maximum atomic E-state index is 12.7. The first kappa shape index (κ1) is 21.4. The zero-order valence-electron chi connectivity index (χ0n) is 18.2. The third-order valence-corrected chi connectivity index (χ3v) is 6.32. The minimum Gasteiger partial charge on any atom is -0.493 e. The summed E-state index contributed by atoms with van der Waals surface area (Å²) in [7, 11) is 0. The number of aryl methyl sites for hydroxylation is 1. The third-order valence-electron chi connectivity index (χ3n) is 6.32. The van der Waals surface area contributed by atoms with Crippen molar-refractivity contribution in [1.82, 2.24) is 9.80 Å². The standard InChI is InChI=1S/C26H32N2O3/c29-25(15-10-21-7-2-1-3-8-21)28-18-6-9-22(19-28)20-31-24-13-11-23(12-14-24)26(30)27-16-4-5-17-27/h1-3,7-8,11-14,22H,4-6,9-10,15-20H2. The summed E-state index contributed by atoms with van der Waals surface area (Å²) >= 11 is 0. The van der Waals surface area contributed by atoms with Crippen LogP contribution < -0.4 is 4.74 Å². The molecule has 164 valence electrons. The molecule has 2 aliphatic heterocycles. The minimum absolute atomic E-state index is 0.112. The van der Waals surface area contributed by atoms with Crippen molar-refractivity contribution >= 4 is 11.8 Å². The fourth-order valence-electron chi connectivity index (χ4n) is 4.49. The van der Waals surface area contributed by atoms with Crippen molar-refractivity contribution in [3.63, 3.8) is 0 Å². The average molecular weight is 421 g/mol. The van der Waals surface area contributed by atoms with E-state index in [2.05, 4.69) is 12.1 Å². The highest BCUT2D eigenvalue weighted by Gasteiger charge is 2.24. The maximum absolute atomic E-state index is 12.7. The number of hydrogen-bond acceptors (Lipinski definition) is 3. The summed E-state index contributed by atoms with van der Waals surface area (Å²) in [6.07, 6.45) is 5.65. The van der Waals surface area contributed by atoms with Gasteiger partial charge in [0.2, 0.25) is 5.91 Å². The summed E-state index contributed by atoms with van der Waals surface area (Å²) in [5.41, 5.74) is 1.93. The van der Waals surface area contributed by atoms with E-state index in [9.17, 15) is 9.59 Å². The van der Waals surface area contributed by atoms with Crippen LogP contribution in [-0.4, -0.2) is 54.4 Å². The van der Waals surface area contributed by atoms with Crippen LogP contribution in [0.15, 0.2) is 54.6 Å². The molecule has 1 atom stereocenters. The smallest absolute Gasteiger partial charge is 0.253 e. The summed E-state index contributed by atoms with van der Waals surface area (Å²) in [5, 5.41) is 0. The van der Waals surface area contributed by atoms with Gasteiger partial charge in [-0.1, -0.05) is 30.3 Å². The molecule has 2 aliphatic rings. The molecule has 4 rings (SSSR count). The molecule has 1 unspecified atom stereocenters. The maximum Gasteiger partial charge on any atom is 0.253 e. The molecule has 2 saturated heterocycles. The first-order chi connectivity index (χ1) is 15.2. The van der Waals surface area contributed by atoms with Gasteiger partial charge in [-0.05, 0) is 61.9 Å². The van der Waals surface area contributed by atoms with Gasteiger partial charge in [0.1, 0.15) is 5.75 Å². The highest BCUT2D eigenvalue weighted by Crippen LogP contribution is 2.21. The molecule has 5 nitrogen and oxygen atoms in total. The average Bonchev–Trinajstić information content (AvgIpc) is 3.37. The van der Waals surface area contributed by atoms with Crippen molar-refractivity contribution < 1.29 is 14.3 Å². The largest absolute Gasteiger partial charge is 0.493 e. The second kappa shape index (κ2) is 10.5. The highest BCUT2D eigenvalue weighted by atomic mass is 16.5. The summed E-state index contributed by atoms with van der Waals surface area (Å²) in [5.74, 6) is 1.48. The van der Waals surface area contributed by atoms with Crippen molar-refractivity contribution in [2.75, 3.05) is 32.8 Å². The van der Waals surface area contributed by atoms with E-state index in [-0.39, 0.29) is 11.8 Å². The van der Waals surface area contributed by atoms with E-state index in [0.29, 0.717) is 18.9 Å². The lowest BCUT2D eigenvalue weighted by Crippen LogP contribution is -2.41. The van der Waals surface area contributed by atoms with Gasteiger partial charge in [-0.3, -0.25) is 9.59 Å². The summed E-state index contributed by atoms with van der Waals surface area (Å²) in [4.78, 5) is 29.0. The van der Waals surface area contributed by atoms with Crippen LogP contribution in [0, 0.1) is 5.92 Å². The SMILES string of the molecule is O=C(CCc1ccccc1)N1CCCC(COc2ccc(C(=O)N3CCCC3)cc2)C1. The molecule has 0 radical (unpaired) electrons. The van der Waals surface area contributed by atoms with Gasteiger partial charge in [0, 0.05) is 44.1 Å². The Morgan fingerprint density at radius 3 is 2.32 bits per heavy atom. The lowest BCUT2D eigenvalue weighted by Gasteiger charge is -2.32. The first-order valence-corrected chi connectivity index (χ1v) is 11.5. The van der Waals surface area contributed by atoms with Crippen LogP contribution in [0.25, 0.3) is 0 Å². The zero-order chi connectivity index (χ0) is 21.5. The Morgan fingerprint density at radius 2 is 1.58 bits per heavy atom. The minimum atomic E-state index is 0.112. The van der Waals surface area contributed by atoms with E-state index < -0.39 is 0 Å². The molecule has 2 aromatic rings. The quantitative estimate of drug-likeness (QED) is 0.675. The Hall–Kier alpha value is -2.82. The predicted octanol–water partition coefficient (Wildman–Crippen LogP) is 4.17. The van der Waals surface area contributed by atoms with Gasteiger partial charge < -0.3 is 14.5 Å². The molecule has 2 amide bonds. The van der Waals surface area contributed by atoms with Crippen LogP contribution in [0.3, 0.4) is 0 Å². The van der Waals surface area contributed by atoms with Crippen LogP contribution in [0.2, 0.25) is 0 Å². The Bertz CT molecular complexity index is 860. The Kier molecular flexibility index (Phi) is 7.23. The lowest BCUT2D eigenvalue weighted by atomic mass is 9.98. The number of nitrogens with zero attached hydrogens (tertiary/aromatic N) is 2. The van der Waals surface area contributed by atoms with Gasteiger partial charge in [-0.2, -0.15) is 0 Å². The van der Waals surface area contributed by atoms with Gasteiger partial charge >= 0.3 is 0 Å². The van der Waals surface area contributed by atoms with Crippen molar-refractivity contribution in [3.8, 4) is 5.75 Å². The van der Waals surface area contributed by atoms with Crippen LogP contribution in [-0.2, 0) is 11.2 Å². The second-order valence-corrected chi connectivity index (χ2v) is 8.67. The van der Waals surface area contributed by atoms with E-state index in [1.165, 1.54) is 5.56 Å². The number of hydrogen-bond donors (Lipinski definition) is 0. The number of benzene rings is 2. The molecular weight excluding hydrogens is 388 g/mol. The number of likely N-dealkylation sites (tertiary alicyclic amines) is 2. The molecule has 2 fully saturated rings. The van der Waals surface area contributed by atoms with Gasteiger partial charge in [0.15, 0.2) is 0 Å². The molecule has 2 aromatic carbocycles. The molecule has 0 N–H and O–H groups in total. The van der Waals surface area contributed by atoms with Crippen LogP contribution in [0.5, 0.6) is 5.75 Å².